The molecule has 0 unspecified atom stereocenters. The molecule has 0 N–H and O–H groups in total. The highest BCUT2D eigenvalue weighted by Crippen LogP contribution is 2.32. The summed E-state index contributed by atoms with van der Waals surface area (Å²) < 4.78 is 10.9. The summed E-state index contributed by atoms with van der Waals surface area (Å²) in [5.41, 5.74) is 0.834. The van der Waals surface area contributed by atoms with E-state index in [0.29, 0.717) is 16.7 Å². The van der Waals surface area contributed by atoms with Crippen LogP contribution in [0.5, 0.6) is 0 Å². The van der Waals surface area contributed by atoms with E-state index in [0.717, 1.165) is 5.56 Å². The van der Waals surface area contributed by atoms with Crippen molar-refractivity contribution in [3.63, 3.8) is 0 Å². The molecule has 0 saturated carbocycles. The van der Waals surface area contributed by atoms with Crippen LogP contribution in [0.3, 0.4) is 0 Å². The molecule has 0 bridgehead atoms. The summed E-state index contributed by atoms with van der Waals surface area (Å²) >= 11 is 11.8. The van der Waals surface area contributed by atoms with E-state index in [4.69, 9.17) is 32.7 Å². The summed E-state index contributed by atoms with van der Waals surface area (Å²) in [4.78, 5) is 0. The first kappa shape index (κ1) is 10.2. The van der Waals surface area contributed by atoms with Gasteiger partial charge in [0.25, 0.3) is 0 Å². The van der Waals surface area contributed by atoms with Gasteiger partial charge in [-0.25, -0.2) is 0 Å². The lowest BCUT2D eigenvalue weighted by molar-refractivity contribution is -0.0571. The van der Waals surface area contributed by atoms with E-state index in [1.54, 1.807) is 12.1 Å². The van der Waals surface area contributed by atoms with Gasteiger partial charge in [-0.3, -0.25) is 0 Å². The van der Waals surface area contributed by atoms with Crippen LogP contribution >= 0.6 is 23.2 Å². The van der Waals surface area contributed by atoms with Crippen LogP contribution in [0.15, 0.2) is 18.2 Å². The third-order valence-corrected chi connectivity index (χ3v) is 2.62. The van der Waals surface area contributed by atoms with Gasteiger partial charge in [-0.15, -0.1) is 0 Å². The minimum Gasteiger partial charge on any atom is -0.346 e. The van der Waals surface area contributed by atoms with Crippen LogP contribution < -0.4 is 0 Å². The molecule has 1 aromatic rings. The molecule has 2 nitrogen and oxygen atoms in total. The van der Waals surface area contributed by atoms with E-state index < -0.39 is 0 Å². The Kier molecular flexibility index (Phi) is 2.98. The Bertz CT molecular complexity index is 341. The smallest absolute Gasteiger partial charge is 0.185 e. The first-order chi connectivity index (χ1) is 6.66. The molecule has 1 saturated heterocycles. The zero-order valence-electron chi connectivity index (χ0n) is 7.67. The van der Waals surface area contributed by atoms with Crippen molar-refractivity contribution in [2.75, 3.05) is 6.61 Å². The zero-order chi connectivity index (χ0) is 10.1. The molecule has 1 aliphatic heterocycles. The molecule has 0 amide bonds. The molecule has 2 atom stereocenters. The van der Waals surface area contributed by atoms with E-state index >= 15 is 0 Å². The highest BCUT2D eigenvalue weighted by molar-refractivity contribution is 6.35. The molecule has 1 aromatic carbocycles. The fraction of sp³-hybridized carbons (Fsp3) is 0.400. The fourth-order valence-electron chi connectivity index (χ4n) is 1.37. The normalized spacial score (nSPS) is 26.8. The minimum absolute atomic E-state index is 0.117. The van der Waals surface area contributed by atoms with Crippen LogP contribution in [-0.4, -0.2) is 12.7 Å². The maximum atomic E-state index is 6.01. The Morgan fingerprint density at radius 3 is 2.71 bits per heavy atom. The lowest BCUT2D eigenvalue weighted by Gasteiger charge is -2.11. The van der Waals surface area contributed by atoms with Crippen LogP contribution in [0.2, 0.25) is 10.0 Å². The maximum absolute atomic E-state index is 6.01. The predicted molar refractivity (Wildman–Crippen MR) is 55.7 cm³/mol. The lowest BCUT2D eigenvalue weighted by Crippen LogP contribution is -2.03. The molecule has 2 rings (SSSR count). The molecule has 0 spiro atoms. The summed E-state index contributed by atoms with van der Waals surface area (Å²) in [7, 11) is 0. The predicted octanol–water partition coefficient (Wildman–Crippen LogP) is 3.43. The third-order valence-electron chi connectivity index (χ3n) is 2.05. The standard InChI is InChI=1S/C10H10Cl2O2/c1-6-5-13-10(14-6)8-3-2-7(11)4-9(8)12/h2-4,6,10H,5H2,1H3/t6-,10+/m1/s1. The minimum atomic E-state index is -0.352. The molecule has 0 aliphatic carbocycles. The van der Waals surface area contributed by atoms with Crippen molar-refractivity contribution in [3.05, 3.63) is 33.8 Å². The van der Waals surface area contributed by atoms with Crippen LogP contribution in [0.25, 0.3) is 0 Å². The van der Waals surface area contributed by atoms with Crippen LogP contribution in [-0.2, 0) is 9.47 Å². The Morgan fingerprint density at radius 1 is 1.36 bits per heavy atom. The second-order valence-corrected chi connectivity index (χ2v) is 4.12. The summed E-state index contributed by atoms with van der Waals surface area (Å²) in [6.07, 6.45) is -0.235. The molecule has 1 aliphatic rings. The highest BCUT2D eigenvalue weighted by Gasteiger charge is 2.25. The molecule has 0 aromatic heterocycles. The Balaban J connectivity index is 2.24. The van der Waals surface area contributed by atoms with Gasteiger partial charge in [-0.2, -0.15) is 0 Å². The summed E-state index contributed by atoms with van der Waals surface area (Å²) in [5, 5.41) is 1.20. The molecule has 1 heterocycles. The van der Waals surface area contributed by atoms with Gasteiger partial charge < -0.3 is 9.47 Å². The van der Waals surface area contributed by atoms with Gasteiger partial charge in [0, 0.05) is 10.6 Å². The quantitative estimate of drug-likeness (QED) is 0.739. The second kappa shape index (κ2) is 4.07. The van der Waals surface area contributed by atoms with E-state index in [2.05, 4.69) is 0 Å². The molecular formula is C10H10Cl2O2. The topological polar surface area (TPSA) is 18.5 Å². The van der Waals surface area contributed by atoms with Crippen LogP contribution in [0.4, 0.5) is 0 Å². The van der Waals surface area contributed by atoms with Crippen molar-refractivity contribution in [2.24, 2.45) is 0 Å². The third kappa shape index (κ3) is 2.04. The van der Waals surface area contributed by atoms with E-state index in [-0.39, 0.29) is 12.4 Å². The number of rotatable bonds is 1. The summed E-state index contributed by atoms with van der Waals surface area (Å²) in [6.45, 7) is 2.56. The Labute approximate surface area is 92.7 Å². The average Bonchev–Trinajstić information content (AvgIpc) is 2.51. The molecule has 76 valence electrons. The maximum Gasteiger partial charge on any atom is 0.185 e. The molecule has 4 heteroatoms. The van der Waals surface area contributed by atoms with E-state index in [1.165, 1.54) is 0 Å². The van der Waals surface area contributed by atoms with E-state index in [9.17, 15) is 0 Å². The Hall–Kier alpha value is -0.280. The molecule has 14 heavy (non-hydrogen) atoms. The Morgan fingerprint density at radius 2 is 2.14 bits per heavy atom. The van der Waals surface area contributed by atoms with Gasteiger partial charge in [0.2, 0.25) is 0 Å². The van der Waals surface area contributed by atoms with Crippen molar-refractivity contribution in [3.8, 4) is 0 Å². The van der Waals surface area contributed by atoms with Crippen molar-refractivity contribution in [1.29, 1.82) is 0 Å². The van der Waals surface area contributed by atoms with Crippen LogP contribution in [0.1, 0.15) is 18.8 Å². The zero-order valence-corrected chi connectivity index (χ0v) is 9.18. The summed E-state index contributed by atoms with van der Waals surface area (Å²) in [5.74, 6) is 0. The second-order valence-electron chi connectivity index (χ2n) is 3.28. The molecule has 1 fully saturated rings. The number of hydrogen-bond acceptors (Lipinski definition) is 2. The largest absolute Gasteiger partial charge is 0.346 e. The molecular weight excluding hydrogens is 223 g/mol. The number of benzene rings is 1. The van der Waals surface area contributed by atoms with Crippen LogP contribution in [0, 0.1) is 0 Å². The van der Waals surface area contributed by atoms with Gasteiger partial charge >= 0.3 is 0 Å². The number of ether oxygens (including phenoxy) is 2. The van der Waals surface area contributed by atoms with Gasteiger partial charge in [-0.1, -0.05) is 29.3 Å². The SMILES string of the molecule is C[C@@H]1CO[C@H](c2ccc(Cl)cc2Cl)O1. The van der Waals surface area contributed by atoms with Gasteiger partial charge in [-0.05, 0) is 19.1 Å². The monoisotopic (exact) mass is 232 g/mol. The number of hydrogen-bond donors (Lipinski definition) is 0. The first-order valence-corrected chi connectivity index (χ1v) is 5.14. The van der Waals surface area contributed by atoms with Crippen molar-refractivity contribution < 1.29 is 9.47 Å². The van der Waals surface area contributed by atoms with Crippen molar-refractivity contribution in [1.82, 2.24) is 0 Å². The fourth-order valence-corrected chi connectivity index (χ4v) is 1.87. The highest BCUT2D eigenvalue weighted by atomic mass is 35.5. The van der Waals surface area contributed by atoms with Gasteiger partial charge in [0.15, 0.2) is 6.29 Å². The van der Waals surface area contributed by atoms with Crippen molar-refractivity contribution in [2.45, 2.75) is 19.3 Å². The lowest BCUT2D eigenvalue weighted by atomic mass is 10.2. The average molecular weight is 233 g/mol. The molecule has 0 radical (unpaired) electrons. The summed E-state index contributed by atoms with van der Waals surface area (Å²) in [6, 6.07) is 5.29. The first-order valence-electron chi connectivity index (χ1n) is 4.39. The van der Waals surface area contributed by atoms with Gasteiger partial charge in [0.05, 0.1) is 17.7 Å². The van der Waals surface area contributed by atoms with Crippen molar-refractivity contribution >= 4 is 23.2 Å². The van der Waals surface area contributed by atoms with Gasteiger partial charge in [0.1, 0.15) is 0 Å². The number of halogens is 2. The van der Waals surface area contributed by atoms with E-state index in [1.807, 2.05) is 13.0 Å².